The molecule has 0 radical (unpaired) electrons. The molecule has 1 aromatic heterocycles. The molecule has 0 saturated heterocycles. The van der Waals surface area contributed by atoms with Gasteiger partial charge in [-0.15, -0.1) is 0 Å². The standard InChI is InChI=1S/C31H30O7/c1-19-9-8-14-22(32)13-7-3-6-12-21-17-26-29(30(34)28(21)31(35)36-19)23(18-27(33)38-26)25-16-15-24(37-25)20-10-4-2-5-11-20/h2,4-6,10-12,15-17,19,23,34H,3,7-9,13-14,18H2,1H3/b12-6+. The molecule has 196 valence electrons. The molecule has 0 spiro atoms. The molecule has 0 saturated carbocycles. The molecule has 2 atom stereocenters. The Hall–Kier alpha value is -4.13. The minimum atomic E-state index is -0.666. The summed E-state index contributed by atoms with van der Waals surface area (Å²) in [7, 11) is 0. The van der Waals surface area contributed by atoms with Crippen LogP contribution in [-0.2, 0) is 14.3 Å². The van der Waals surface area contributed by atoms with Crippen LogP contribution in [0.4, 0.5) is 0 Å². The van der Waals surface area contributed by atoms with Crippen LogP contribution in [0, 0.1) is 0 Å². The van der Waals surface area contributed by atoms with Gasteiger partial charge in [-0.2, -0.15) is 0 Å². The smallest absolute Gasteiger partial charge is 0.342 e. The zero-order valence-corrected chi connectivity index (χ0v) is 21.3. The number of phenols is 1. The summed E-state index contributed by atoms with van der Waals surface area (Å²) in [5, 5.41) is 11.5. The summed E-state index contributed by atoms with van der Waals surface area (Å²) in [6.45, 7) is 1.78. The van der Waals surface area contributed by atoms with Crippen LogP contribution in [0.3, 0.4) is 0 Å². The number of allylic oxidation sites excluding steroid dienone is 1. The van der Waals surface area contributed by atoms with E-state index >= 15 is 0 Å². The van der Waals surface area contributed by atoms with Crippen LogP contribution in [0.2, 0.25) is 0 Å². The van der Waals surface area contributed by atoms with Gasteiger partial charge in [0.25, 0.3) is 0 Å². The maximum absolute atomic E-state index is 13.3. The van der Waals surface area contributed by atoms with Gasteiger partial charge in [0.2, 0.25) is 0 Å². The number of fused-ring (bicyclic) bond motifs is 2. The monoisotopic (exact) mass is 514 g/mol. The molecule has 3 aromatic rings. The van der Waals surface area contributed by atoms with Gasteiger partial charge in [0.1, 0.15) is 34.4 Å². The summed E-state index contributed by atoms with van der Waals surface area (Å²) in [5.41, 5.74) is 1.62. The molecule has 2 unspecified atom stereocenters. The summed E-state index contributed by atoms with van der Waals surface area (Å²) >= 11 is 0. The zero-order chi connectivity index (χ0) is 26.6. The van der Waals surface area contributed by atoms with E-state index in [-0.39, 0.29) is 29.3 Å². The van der Waals surface area contributed by atoms with Gasteiger partial charge in [0.05, 0.1) is 18.4 Å². The Labute approximate surface area is 221 Å². The van der Waals surface area contributed by atoms with Crippen molar-refractivity contribution in [3.63, 3.8) is 0 Å². The van der Waals surface area contributed by atoms with Gasteiger partial charge in [0, 0.05) is 24.0 Å². The lowest BCUT2D eigenvalue weighted by molar-refractivity contribution is -0.135. The molecule has 2 aliphatic rings. The van der Waals surface area contributed by atoms with Crippen molar-refractivity contribution in [3.8, 4) is 22.8 Å². The van der Waals surface area contributed by atoms with Crippen molar-refractivity contribution in [2.45, 2.75) is 63.9 Å². The van der Waals surface area contributed by atoms with E-state index in [1.807, 2.05) is 42.5 Å². The highest BCUT2D eigenvalue weighted by molar-refractivity contribution is 5.98. The van der Waals surface area contributed by atoms with E-state index in [0.717, 1.165) is 5.56 Å². The zero-order valence-electron chi connectivity index (χ0n) is 21.3. The molecule has 38 heavy (non-hydrogen) atoms. The predicted octanol–water partition coefficient (Wildman–Crippen LogP) is 6.58. The number of ketones is 1. The average Bonchev–Trinajstić information content (AvgIpc) is 3.38. The number of rotatable bonds is 2. The predicted molar refractivity (Wildman–Crippen MR) is 141 cm³/mol. The molecule has 0 bridgehead atoms. The normalized spacial score (nSPS) is 21.4. The van der Waals surface area contributed by atoms with Crippen LogP contribution < -0.4 is 4.74 Å². The topological polar surface area (TPSA) is 103 Å². The number of carbonyl (C=O) groups is 3. The van der Waals surface area contributed by atoms with E-state index in [1.54, 1.807) is 25.1 Å². The summed E-state index contributed by atoms with van der Waals surface area (Å²) < 4.78 is 17.3. The van der Waals surface area contributed by atoms with Crippen molar-refractivity contribution in [1.29, 1.82) is 0 Å². The second kappa shape index (κ2) is 11.1. The van der Waals surface area contributed by atoms with Gasteiger partial charge in [0.15, 0.2) is 0 Å². The van der Waals surface area contributed by atoms with Crippen LogP contribution >= 0.6 is 0 Å². The third kappa shape index (κ3) is 5.42. The Morgan fingerprint density at radius 3 is 2.58 bits per heavy atom. The first-order valence-electron chi connectivity index (χ1n) is 13.1. The third-order valence-electron chi connectivity index (χ3n) is 7.01. The Balaban J connectivity index is 1.57. The lowest BCUT2D eigenvalue weighted by atomic mass is 9.86. The van der Waals surface area contributed by atoms with E-state index < -0.39 is 24.0 Å². The van der Waals surface area contributed by atoms with E-state index in [2.05, 4.69) is 0 Å². The number of hydrogen-bond acceptors (Lipinski definition) is 7. The molecule has 7 heteroatoms. The fourth-order valence-corrected chi connectivity index (χ4v) is 5.06. The number of aromatic hydroxyl groups is 1. The van der Waals surface area contributed by atoms with Gasteiger partial charge in [-0.05, 0) is 56.4 Å². The lowest BCUT2D eigenvalue weighted by Crippen LogP contribution is -2.23. The second-order valence-corrected chi connectivity index (χ2v) is 9.84. The fraction of sp³-hybridized carbons (Fsp3) is 0.323. The molecule has 7 nitrogen and oxygen atoms in total. The van der Waals surface area contributed by atoms with Crippen LogP contribution in [0.5, 0.6) is 11.5 Å². The molecule has 0 aliphatic carbocycles. The fourth-order valence-electron chi connectivity index (χ4n) is 5.06. The highest BCUT2D eigenvalue weighted by Gasteiger charge is 2.37. The first-order valence-corrected chi connectivity index (χ1v) is 13.1. The minimum Gasteiger partial charge on any atom is -0.507 e. The van der Waals surface area contributed by atoms with Gasteiger partial charge >= 0.3 is 11.9 Å². The van der Waals surface area contributed by atoms with Crippen LogP contribution in [0.1, 0.15) is 85.0 Å². The van der Waals surface area contributed by atoms with Crippen LogP contribution in [0.25, 0.3) is 17.4 Å². The minimum absolute atomic E-state index is 0.0257. The Kier molecular flexibility index (Phi) is 7.45. The number of cyclic esters (lactones) is 1. The highest BCUT2D eigenvalue weighted by Crippen LogP contribution is 2.47. The number of hydrogen-bond donors (Lipinski definition) is 1. The van der Waals surface area contributed by atoms with E-state index in [4.69, 9.17) is 13.9 Å². The van der Waals surface area contributed by atoms with Crippen molar-refractivity contribution in [2.24, 2.45) is 0 Å². The summed E-state index contributed by atoms with van der Waals surface area (Å²) in [4.78, 5) is 38.0. The van der Waals surface area contributed by atoms with Crippen molar-refractivity contribution >= 4 is 23.8 Å². The number of furan rings is 1. The van der Waals surface area contributed by atoms with Gasteiger partial charge in [-0.25, -0.2) is 4.79 Å². The molecule has 1 N–H and O–H groups in total. The molecule has 3 heterocycles. The first-order chi connectivity index (χ1) is 18.4. The Bertz CT molecular complexity index is 1380. The van der Waals surface area contributed by atoms with E-state index in [0.29, 0.717) is 61.2 Å². The number of phenolic OH excluding ortho intramolecular Hbond substituents is 1. The van der Waals surface area contributed by atoms with Crippen molar-refractivity contribution in [3.05, 3.63) is 77.1 Å². The van der Waals surface area contributed by atoms with Crippen molar-refractivity contribution in [1.82, 2.24) is 0 Å². The second-order valence-electron chi connectivity index (χ2n) is 9.84. The quantitative estimate of drug-likeness (QED) is 0.304. The Morgan fingerprint density at radius 1 is 0.974 bits per heavy atom. The molecular formula is C31H30O7. The average molecular weight is 515 g/mol. The largest absolute Gasteiger partial charge is 0.507 e. The molecule has 0 fully saturated rings. The van der Waals surface area contributed by atoms with Gasteiger partial charge in [-0.3, -0.25) is 9.59 Å². The summed E-state index contributed by atoms with van der Waals surface area (Å²) in [6, 6.07) is 14.8. The van der Waals surface area contributed by atoms with Gasteiger partial charge < -0.3 is 19.0 Å². The van der Waals surface area contributed by atoms with E-state index in [9.17, 15) is 19.5 Å². The van der Waals surface area contributed by atoms with Crippen LogP contribution in [-0.4, -0.2) is 28.9 Å². The number of carbonyl (C=O) groups excluding carboxylic acids is 3. The Morgan fingerprint density at radius 2 is 1.76 bits per heavy atom. The molecule has 5 rings (SSSR count). The maximum Gasteiger partial charge on any atom is 0.342 e. The number of esters is 2. The highest BCUT2D eigenvalue weighted by atomic mass is 16.5. The number of benzene rings is 2. The number of ether oxygens (including phenoxy) is 2. The summed E-state index contributed by atoms with van der Waals surface area (Å²) in [6.07, 6.45) is 6.53. The summed E-state index contributed by atoms with van der Waals surface area (Å²) in [5.74, 6) is -0.540. The lowest BCUT2D eigenvalue weighted by Gasteiger charge is -2.26. The first kappa shape index (κ1) is 25.5. The van der Waals surface area contributed by atoms with Crippen molar-refractivity contribution in [2.75, 3.05) is 0 Å². The van der Waals surface area contributed by atoms with Gasteiger partial charge in [-0.1, -0.05) is 42.5 Å². The maximum atomic E-state index is 13.3. The number of Topliss-reactive ketones (excluding diaryl/α,β-unsaturated/α-hetero) is 1. The van der Waals surface area contributed by atoms with Crippen molar-refractivity contribution < 1.29 is 33.4 Å². The molecule has 0 amide bonds. The molecular weight excluding hydrogens is 484 g/mol. The SMILES string of the molecule is CC1CCCC(=O)CCC/C=C/c2cc3c(c(O)c2C(=O)O1)C(c1ccc(-c2ccccc2)o1)CC(=O)O3. The molecule has 2 aliphatic heterocycles. The molecule has 2 aromatic carbocycles. The van der Waals surface area contributed by atoms with E-state index in [1.165, 1.54) is 0 Å². The third-order valence-corrected chi connectivity index (χ3v) is 7.01. The van der Waals surface area contributed by atoms with Crippen LogP contribution in [0.15, 0.2) is 59.0 Å².